The zero-order chi connectivity index (χ0) is 12.3. The van der Waals surface area contributed by atoms with E-state index in [4.69, 9.17) is 4.42 Å². The number of rotatable bonds is 5. The van der Waals surface area contributed by atoms with Crippen molar-refractivity contribution in [2.75, 3.05) is 7.05 Å². The minimum atomic E-state index is 0.254. The molecule has 0 spiro atoms. The van der Waals surface area contributed by atoms with Crippen LogP contribution in [-0.4, -0.2) is 16.8 Å². The van der Waals surface area contributed by atoms with E-state index in [2.05, 4.69) is 30.3 Å². The Kier molecular flexibility index (Phi) is 3.64. The van der Waals surface area contributed by atoms with E-state index in [1.807, 2.05) is 24.0 Å². The van der Waals surface area contributed by atoms with Crippen LogP contribution in [0.25, 0.3) is 0 Å². The molecule has 0 aliphatic heterocycles. The van der Waals surface area contributed by atoms with Gasteiger partial charge in [0.05, 0.1) is 18.2 Å². The van der Waals surface area contributed by atoms with Crippen LogP contribution in [0.15, 0.2) is 35.3 Å². The van der Waals surface area contributed by atoms with E-state index in [0.29, 0.717) is 6.04 Å². The molecule has 1 unspecified atom stereocenters. The Labute approximate surface area is 102 Å². The van der Waals surface area contributed by atoms with Crippen molar-refractivity contribution in [3.63, 3.8) is 0 Å². The monoisotopic (exact) mass is 233 g/mol. The van der Waals surface area contributed by atoms with Crippen molar-refractivity contribution in [1.82, 2.24) is 15.1 Å². The van der Waals surface area contributed by atoms with Gasteiger partial charge in [-0.15, -0.1) is 0 Å². The van der Waals surface area contributed by atoms with Gasteiger partial charge in [-0.25, -0.2) is 0 Å². The summed E-state index contributed by atoms with van der Waals surface area (Å²) in [5.41, 5.74) is 2.26. The second-order valence-corrected chi connectivity index (χ2v) is 4.48. The average Bonchev–Trinajstić information content (AvgIpc) is 2.96. The number of furan rings is 1. The van der Waals surface area contributed by atoms with Crippen molar-refractivity contribution in [2.24, 2.45) is 0 Å². The highest BCUT2D eigenvalue weighted by Gasteiger charge is 2.13. The molecule has 0 aromatic carbocycles. The van der Waals surface area contributed by atoms with Crippen molar-refractivity contribution >= 4 is 0 Å². The Morgan fingerprint density at radius 3 is 2.76 bits per heavy atom. The summed E-state index contributed by atoms with van der Waals surface area (Å²) >= 11 is 0. The number of hydrogen-bond donors (Lipinski definition) is 1. The fourth-order valence-electron chi connectivity index (χ4n) is 1.84. The Morgan fingerprint density at radius 1 is 1.41 bits per heavy atom. The molecule has 0 saturated carbocycles. The molecule has 0 amide bonds. The van der Waals surface area contributed by atoms with Crippen LogP contribution in [0, 0.1) is 0 Å². The molecule has 4 nitrogen and oxygen atoms in total. The van der Waals surface area contributed by atoms with Crippen molar-refractivity contribution < 1.29 is 4.42 Å². The highest BCUT2D eigenvalue weighted by atomic mass is 16.3. The largest absolute Gasteiger partial charge is 0.472 e. The van der Waals surface area contributed by atoms with Gasteiger partial charge in [-0.1, -0.05) is 0 Å². The fraction of sp³-hybridized carbons (Fsp3) is 0.462. The minimum absolute atomic E-state index is 0.254. The van der Waals surface area contributed by atoms with Gasteiger partial charge in [0.1, 0.15) is 0 Å². The van der Waals surface area contributed by atoms with Crippen LogP contribution in [0.4, 0.5) is 0 Å². The predicted octanol–water partition coefficient (Wildman–Crippen LogP) is 2.56. The maximum atomic E-state index is 5.11. The summed E-state index contributed by atoms with van der Waals surface area (Å²) in [6.07, 6.45) is 6.38. The molecule has 2 heterocycles. The van der Waals surface area contributed by atoms with Crippen LogP contribution in [0.1, 0.15) is 37.2 Å². The molecule has 4 heteroatoms. The van der Waals surface area contributed by atoms with Gasteiger partial charge in [0, 0.05) is 30.3 Å². The molecule has 92 valence electrons. The normalized spacial score (nSPS) is 13.2. The summed E-state index contributed by atoms with van der Waals surface area (Å²) in [5, 5.41) is 7.84. The summed E-state index contributed by atoms with van der Waals surface area (Å²) in [4.78, 5) is 0. The van der Waals surface area contributed by atoms with Gasteiger partial charge in [0.15, 0.2) is 0 Å². The first-order valence-electron chi connectivity index (χ1n) is 5.94. The Morgan fingerprint density at radius 2 is 2.24 bits per heavy atom. The lowest BCUT2D eigenvalue weighted by atomic mass is 10.1. The lowest BCUT2D eigenvalue weighted by molar-refractivity contribution is 0.511. The zero-order valence-corrected chi connectivity index (χ0v) is 10.6. The Bertz CT molecular complexity index is 445. The molecule has 2 rings (SSSR count). The van der Waals surface area contributed by atoms with E-state index >= 15 is 0 Å². The number of nitrogens with zero attached hydrogens (tertiary/aromatic N) is 2. The molecule has 1 N–H and O–H groups in total. The van der Waals surface area contributed by atoms with Crippen LogP contribution in [0.5, 0.6) is 0 Å². The Balaban J connectivity index is 2.08. The van der Waals surface area contributed by atoms with Gasteiger partial charge >= 0.3 is 0 Å². The molecular formula is C13H19N3O. The lowest BCUT2D eigenvalue weighted by Crippen LogP contribution is -2.18. The van der Waals surface area contributed by atoms with Crippen molar-refractivity contribution in [2.45, 2.75) is 32.4 Å². The van der Waals surface area contributed by atoms with E-state index in [1.165, 1.54) is 0 Å². The molecule has 0 fully saturated rings. The van der Waals surface area contributed by atoms with Crippen LogP contribution < -0.4 is 5.32 Å². The first kappa shape index (κ1) is 11.9. The van der Waals surface area contributed by atoms with E-state index in [9.17, 15) is 0 Å². The first-order chi connectivity index (χ1) is 8.20. The van der Waals surface area contributed by atoms with Crippen LogP contribution in [-0.2, 0) is 6.42 Å². The first-order valence-corrected chi connectivity index (χ1v) is 5.94. The third kappa shape index (κ3) is 2.77. The SMILES string of the molecule is CNC(Cc1ccn(C(C)C)n1)c1ccoc1. The van der Waals surface area contributed by atoms with Gasteiger partial charge in [-0.05, 0) is 33.0 Å². The quantitative estimate of drug-likeness (QED) is 0.863. The molecular weight excluding hydrogens is 214 g/mol. The third-order valence-corrected chi connectivity index (χ3v) is 2.90. The summed E-state index contributed by atoms with van der Waals surface area (Å²) in [6.45, 7) is 4.25. The summed E-state index contributed by atoms with van der Waals surface area (Å²) in [6, 6.07) is 4.72. The van der Waals surface area contributed by atoms with Crippen LogP contribution >= 0.6 is 0 Å². The lowest BCUT2D eigenvalue weighted by Gasteiger charge is -2.12. The van der Waals surface area contributed by atoms with Crippen LogP contribution in [0.2, 0.25) is 0 Å². The molecule has 0 saturated heterocycles. The van der Waals surface area contributed by atoms with Gasteiger partial charge < -0.3 is 9.73 Å². The number of likely N-dealkylation sites (N-methyl/N-ethyl adjacent to an activating group) is 1. The molecule has 0 radical (unpaired) electrons. The van der Waals surface area contributed by atoms with Crippen molar-refractivity contribution in [3.8, 4) is 0 Å². The van der Waals surface area contributed by atoms with E-state index in [-0.39, 0.29) is 6.04 Å². The number of aromatic nitrogens is 2. The summed E-state index contributed by atoms with van der Waals surface area (Å²) in [7, 11) is 1.96. The van der Waals surface area contributed by atoms with E-state index in [1.54, 1.807) is 12.5 Å². The highest BCUT2D eigenvalue weighted by Crippen LogP contribution is 2.18. The van der Waals surface area contributed by atoms with E-state index < -0.39 is 0 Å². The van der Waals surface area contributed by atoms with Gasteiger partial charge in [0.2, 0.25) is 0 Å². The smallest absolute Gasteiger partial charge is 0.0950 e. The van der Waals surface area contributed by atoms with Gasteiger partial charge in [-0.2, -0.15) is 5.10 Å². The average molecular weight is 233 g/mol. The fourth-order valence-corrected chi connectivity index (χ4v) is 1.84. The maximum Gasteiger partial charge on any atom is 0.0950 e. The standard InChI is InChI=1S/C13H19N3O/c1-10(2)16-6-4-12(15-16)8-13(14-3)11-5-7-17-9-11/h4-7,9-10,13-14H,8H2,1-3H3. The second kappa shape index (κ2) is 5.19. The van der Waals surface area contributed by atoms with Crippen molar-refractivity contribution in [1.29, 1.82) is 0 Å². The van der Waals surface area contributed by atoms with Crippen LogP contribution in [0.3, 0.4) is 0 Å². The van der Waals surface area contributed by atoms with Crippen molar-refractivity contribution in [3.05, 3.63) is 42.1 Å². The molecule has 2 aromatic heterocycles. The second-order valence-electron chi connectivity index (χ2n) is 4.48. The molecule has 2 aromatic rings. The maximum absolute atomic E-state index is 5.11. The molecule has 0 bridgehead atoms. The third-order valence-electron chi connectivity index (χ3n) is 2.90. The topological polar surface area (TPSA) is 43.0 Å². The van der Waals surface area contributed by atoms with Gasteiger partial charge in [0.25, 0.3) is 0 Å². The Hall–Kier alpha value is -1.55. The molecule has 17 heavy (non-hydrogen) atoms. The number of hydrogen-bond acceptors (Lipinski definition) is 3. The minimum Gasteiger partial charge on any atom is -0.472 e. The number of nitrogens with one attached hydrogen (secondary N) is 1. The predicted molar refractivity (Wildman–Crippen MR) is 66.8 cm³/mol. The summed E-state index contributed by atoms with van der Waals surface area (Å²) < 4.78 is 7.10. The van der Waals surface area contributed by atoms with E-state index in [0.717, 1.165) is 17.7 Å². The molecule has 0 aliphatic rings. The van der Waals surface area contributed by atoms with Gasteiger partial charge in [-0.3, -0.25) is 4.68 Å². The highest BCUT2D eigenvalue weighted by molar-refractivity contribution is 5.15. The zero-order valence-electron chi connectivity index (χ0n) is 10.6. The molecule has 0 aliphatic carbocycles. The summed E-state index contributed by atoms with van der Waals surface area (Å²) in [5.74, 6) is 0. The molecule has 1 atom stereocenters.